The van der Waals surface area contributed by atoms with Crippen LogP contribution in [0.5, 0.6) is 0 Å². The van der Waals surface area contributed by atoms with Crippen LogP contribution in [0.25, 0.3) is 0 Å². The van der Waals surface area contributed by atoms with Crippen LogP contribution in [-0.4, -0.2) is 44.9 Å². The van der Waals surface area contributed by atoms with Crippen molar-refractivity contribution in [2.24, 2.45) is 11.8 Å². The Kier molecular flexibility index (Phi) is 3.73. The van der Waals surface area contributed by atoms with Crippen molar-refractivity contribution in [2.45, 2.75) is 13.3 Å². The van der Waals surface area contributed by atoms with Gasteiger partial charge in [0.2, 0.25) is 0 Å². The number of carboxylic acid groups (broad SMARTS) is 1. The van der Waals surface area contributed by atoms with Crippen LogP contribution >= 0.6 is 0 Å². The first-order chi connectivity index (χ1) is 9.38. The topological polar surface area (TPSA) is 117 Å². The van der Waals surface area contributed by atoms with Crippen LogP contribution < -0.4 is 0 Å². The summed E-state index contributed by atoms with van der Waals surface area (Å²) in [5.41, 5.74) is 0.106. The van der Waals surface area contributed by atoms with Crippen LogP contribution in [0.3, 0.4) is 0 Å². The van der Waals surface area contributed by atoms with Crippen molar-refractivity contribution < 1.29 is 19.6 Å². The molecular formula is C12H15N3O5. The van der Waals surface area contributed by atoms with Gasteiger partial charge < -0.3 is 20.1 Å². The first-order valence-corrected chi connectivity index (χ1v) is 6.24. The van der Waals surface area contributed by atoms with Gasteiger partial charge >= 0.3 is 11.8 Å². The SMILES string of the molecule is CC1CC(C(=O)O)CN(C(=O)c2ccc([N+](=O)[O-])[nH]2)C1. The minimum Gasteiger partial charge on any atom is -0.481 e. The molecule has 0 radical (unpaired) electrons. The summed E-state index contributed by atoms with van der Waals surface area (Å²) in [5, 5.41) is 19.6. The van der Waals surface area contributed by atoms with Crippen molar-refractivity contribution in [3.05, 3.63) is 27.9 Å². The number of carbonyl (C=O) groups excluding carboxylic acids is 1. The number of aliphatic carboxylic acids is 1. The van der Waals surface area contributed by atoms with Gasteiger partial charge in [-0.1, -0.05) is 6.92 Å². The second-order valence-electron chi connectivity index (χ2n) is 5.10. The summed E-state index contributed by atoms with van der Waals surface area (Å²) in [6, 6.07) is 2.56. The van der Waals surface area contributed by atoms with Crippen LogP contribution in [0.2, 0.25) is 0 Å². The summed E-state index contributed by atoms with van der Waals surface area (Å²) in [7, 11) is 0. The number of aromatic amines is 1. The number of nitrogens with zero attached hydrogens (tertiary/aromatic N) is 2. The average Bonchev–Trinajstić information content (AvgIpc) is 2.86. The minimum atomic E-state index is -0.924. The lowest BCUT2D eigenvalue weighted by molar-refractivity contribution is -0.389. The lowest BCUT2D eigenvalue weighted by atomic mass is 9.90. The van der Waals surface area contributed by atoms with Crippen molar-refractivity contribution in [1.29, 1.82) is 0 Å². The first-order valence-electron chi connectivity index (χ1n) is 6.24. The van der Waals surface area contributed by atoms with Crippen LogP contribution in [0, 0.1) is 22.0 Å². The Morgan fingerprint density at radius 2 is 2.15 bits per heavy atom. The Labute approximate surface area is 114 Å². The first kappa shape index (κ1) is 14.0. The molecule has 0 bridgehead atoms. The van der Waals surface area contributed by atoms with Crippen molar-refractivity contribution in [1.82, 2.24) is 9.88 Å². The molecule has 20 heavy (non-hydrogen) atoms. The number of hydrogen-bond donors (Lipinski definition) is 2. The zero-order chi connectivity index (χ0) is 14.9. The molecule has 0 aromatic carbocycles. The molecular weight excluding hydrogens is 266 g/mol. The van der Waals surface area contributed by atoms with E-state index in [2.05, 4.69) is 4.98 Å². The molecule has 1 saturated heterocycles. The summed E-state index contributed by atoms with van der Waals surface area (Å²) in [6.45, 7) is 2.47. The fraction of sp³-hybridized carbons (Fsp3) is 0.500. The third-order valence-electron chi connectivity index (χ3n) is 3.39. The van der Waals surface area contributed by atoms with E-state index in [1.807, 2.05) is 6.92 Å². The van der Waals surface area contributed by atoms with Gasteiger partial charge in [0.1, 0.15) is 0 Å². The van der Waals surface area contributed by atoms with Gasteiger partial charge in [0.15, 0.2) is 5.69 Å². The van der Waals surface area contributed by atoms with E-state index in [-0.39, 0.29) is 24.0 Å². The van der Waals surface area contributed by atoms with E-state index >= 15 is 0 Å². The van der Waals surface area contributed by atoms with Gasteiger partial charge in [0, 0.05) is 19.2 Å². The lowest BCUT2D eigenvalue weighted by Crippen LogP contribution is -2.45. The van der Waals surface area contributed by atoms with Gasteiger partial charge in [-0.15, -0.1) is 0 Å². The third-order valence-corrected chi connectivity index (χ3v) is 3.39. The van der Waals surface area contributed by atoms with Crippen molar-refractivity contribution in [2.75, 3.05) is 13.1 Å². The molecule has 2 atom stereocenters. The predicted octanol–water partition coefficient (Wildman–Crippen LogP) is 1.11. The molecule has 108 valence electrons. The largest absolute Gasteiger partial charge is 0.481 e. The molecule has 0 saturated carbocycles. The van der Waals surface area contributed by atoms with Crippen molar-refractivity contribution in [3.8, 4) is 0 Å². The summed E-state index contributed by atoms with van der Waals surface area (Å²) < 4.78 is 0. The second-order valence-corrected chi connectivity index (χ2v) is 5.10. The number of hydrogen-bond acceptors (Lipinski definition) is 4. The molecule has 2 unspecified atom stereocenters. The molecule has 8 heteroatoms. The molecule has 1 aliphatic heterocycles. The molecule has 0 aliphatic carbocycles. The molecule has 2 N–H and O–H groups in total. The third kappa shape index (κ3) is 2.79. The van der Waals surface area contributed by atoms with Gasteiger partial charge in [-0.3, -0.25) is 9.59 Å². The number of carbonyl (C=O) groups is 2. The van der Waals surface area contributed by atoms with E-state index in [0.29, 0.717) is 13.0 Å². The number of amides is 1. The predicted molar refractivity (Wildman–Crippen MR) is 68.3 cm³/mol. The number of nitro groups is 1. The fourth-order valence-electron chi connectivity index (χ4n) is 2.48. The molecule has 2 rings (SSSR count). The number of H-pyrrole nitrogens is 1. The van der Waals surface area contributed by atoms with Gasteiger partial charge in [0.05, 0.1) is 5.92 Å². The van der Waals surface area contributed by atoms with Gasteiger partial charge in [-0.2, -0.15) is 0 Å². The zero-order valence-electron chi connectivity index (χ0n) is 10.9. The Balaban J connectivity index is 2.14. The standard InChI is InChI=1S/C12H15N3O5/c1-7-4-8(12(17)18)6-14(5-7)11(16)9-2-3-10(13-9)15(19)20/h2-3,7-8,13H,4-6H2,1H3,(H,17,18). The summed E-state index contributed by atoms with van der Waals surface area (Å²) in [5.74, 6) is -2.10. The van der Waals surface area contributed by atoms with Crippen molar-refractivity contribution in [3.63, 3.8) is 0 Å². The van der Waals surface area contributed by atoms with Gasteiger partial charge in [-0.05, 0) is 23.3 Å². The van der Waals surface area contributed by atoms with Crippen LogP contribution in [0.15, 0.2) is 12.1 Å². The molecule has 2 heterocycles. The number of nitrogens with one attached hydrogen (secondary N) is 1. The summed E-state index contributed by atoms with van der Waals surface area (Å²) in [6.07, 6.45) is 0.532. The highest BCUT2D eigenvalue weighted by Gasteiger charge is 2.33. The number of carboxylic acids is 1. The highest BCUT2D eigenvalue weighted by atomic mass is 16.6. The van der Waals surface area contributed by atoms with Gasteiger partial charge in [-0.25, -0.2) is 4.98 Å². The average molecular weight is 281 g/mol. The lowest BCUT2D eigenvalue weighted by Gasteiger charge is -2.33. The Morgan fingerprint density at radius 1 is 1.45 bits per heavy atom. The van der Waals surface area contributed by atoms with Gasteiger partial charge in [0.25, 0.3) is 5.91 Å². The maximum absolute atomic E-state index is 12.2. The maximum atomic E-state index is 12.2. The Bertz CT molecular complexity index is 553. The molecule has 1 aromatic heterocycles. The fourth-order valence-corrected chi connectivity index (χ4v) is 2.48. The quantitative estimate of drug-likeness (QED) is 0.635. The van der Waals surface area contributed by atoms with Crippen LogP contribution in [-0.2, 0) is 4.79 Å². The molecule has 8 nitrogen and oxygen atoms in total. The number of aromatic nitrogens is 1. The monoisotopic (exact) mass is 281 g/mol. The van der Waals surface area contributed by atoms with E-state index in [9.17, 15) is 19.7 Å². The number of likely N-dealkylation sites (tertiary alicyclic amines) is 1. The Morgan fingerprint density at radius 3 is 2.70 bits per heavy atom. The van der Waals surface area contributed by atoms with Crippen molar-refractivity contribution >= 4 is 17.7 Å². The molecule has 1 aromatic rings. The minimum absolute atomic E-state index is 0.0822. The Hall–Kier alpha value is -2.38. The van der Waals surface area contributed by atoms with E-state index < -0.39 is 22.7 Å². The van der Waals surface area contributed by atoms with E-state index in [0.717, 1.165) is 0 Å². The maximum Gasteiger partial charge on any atom is 0.321 e. The summed E-state index contributed by atoms with van der Waals surface area (Å²) in [4.78, 5) is 37.1. The number of piperidine rings is 1. The van der Waals surface area contributed by atoms with Crippen LogP contribution in [0.1, 0.15) is 23.8 Å². The molecule has 1 amide bonds. The number of rotatable bonds is 3. The smallest absolute Gasteiger partial charge is 0.321 e. The zero-order valence-corrected chi connectivity index (χ0v) is 10.9. The molecule has 0 spiro atoms. The molecule has 1 aliphatic rings. The van der Waals surface area contributed by atoms with E-state index in [1.54, 1.807) is 0 Å². The van der Waals surface area contributed by atoms with E-state index in [4.69, 9.17) is 5.11 Å². The molecule has 1 fully saturated rings. The van der Waals surface area contributed by atoms with E-state index in [1.165, 1.54) is 17.0 Å². The highest BCUT2D eigenvalue weighted by molar-refractivity contribution is 5.93. The summed E-state index contributed by atoms with van der Waals surface area (Å²) >= 11 is 0. The normalized spacial score (nSPS) is 22.6. The highest BCUT2D eigenvalue weighted by Crippen LogP contribution is 2.23. The van der Waals surface area contributed by atoms with Crippen LogP contribution in [0.4, 0.5) is 5.82 Å². The second kappa shape index (κ2) is 5.32.